The number of aromatic amines is 1. The first-order valence-electron chi connectivity index (χ1n) is 9.41. The molecule has 28 heavy (non-hydrogen) atoms. The second-order valence-corrected chi connectivity index (χ2v) is 7.28. The van der Waals surface area contributed by atoms with Crippen LogP contribution in [0.4, 0.5) is 0 Å². The molecule has 8 nitrogen and oxygen atoms in total. The number of phenols is 1. The summed E-state index contributed by atoms with van der Waals surface area (Å²) in [6.07, 6.45) is 5.40. The van der Waals surface area contributed by atoms with Crippen LogP contribution in [0, 0.1) is 0 Å². The Morgan fingerprint density at radius 1 is 1.04 bits per heavy atom. The second kappa shape index (κ2) is 7.21. The molecule has 0 spiro atoms. The van der Waals surface area contributed by atoms with E-state index in [0.717, 1.165) is 37.2 Å². The van der Waals surface area contributed by atoms with Gasteiger partial charge in [-0.15, -0.1) is 10.2 Å². The Morgan fingerprint density at radius 2 is 1.89 bits per heavy atom. The van der Waals surface area contributed by atoms with Gasteiger partial charge in [-0.3, -0.25) is 5.10 Å². The summed E-state index contributed by atoms with van der Waals surface area (Å²) in [7, 11) is 0. The standard InChI is InChI=1S/C20H21N5O3/c26-19-5-12(13-8-21-22-9-13)1-2-17(19)18-3-4-20(25-24-18)28-16-6-14-10-27-11-15(7-16)23-14/h1-5,8-9,14-16,23,26H,6-7,10-11H2,(H,21,22)/t14-,15+,16+. The maximum atomic E-state index is 10.4. The average molecular weight is 379 g/mol. The van der Waals surface area contributed by atoms with E-state index in [2.05, 4.69) is 25.7 Å². The molecule has 2 aliphatic heterocycles. The number of H-pyrrole nitrogens is 1. The van der Waals surface area contributed by atoms with Gasteiger partial charge in [0.2, 0.25) is 5.88 Å². The molecule has 4 heterocycles. The number of aromatic hydroxyl groups is 1. The molecule has 2 aromatic heterocycles. The van der Waals surface area contributed by atoms with Crippen molar-refractivity contribution < 1.29 is 14.6 Å². The number of phenolic OH excluding ortho intramolecular Hbond substituents is 1. The minimum Gasteiger partial charge on any atom is -0.507 e. The quantitative estimate of drug-likeness (QED) is 0.638. The van der Waals surface area contributed by atoms with Gasteiger partial charge in [0.25, 0.3) is 0 Å². The van der Waals surface area contributed by atoms with E-state index in [-0.39, 0.29) is 11.9 Å². The molecule has 0 amide bonds. The fourth-order valence-corrected chi connectivity index (χ4v) is 3.92. The number of benzene rings is 1. The van der Waals surface area contributed by atoms with E-state index >= 15 is 0 Å². The van der Waals surface area contributed by atoms with Gasteiger partial charge in [0.05, 0.1) is 25.1 Å². The normalized spacial score (nSPS) is 24.1. The number of fused-ring (bicyclic) bond motifs is 2. The van der Waals surface area contributed by atoms with Crippen LogP contribution in [0.2, 0.25) is 0 Å². The first-order chi connectivity index (χ1) is 13.7. The van der Waals surface area contributed by atoms with Crippen molar-refractivity contribution >= 4 is 0 Å². The Balaban J connectivity index is 1.30. The Hall–Kier alpha value is -2.97. The highest BCUT2D eigenvalue weighted by Gasteiger charge is 2.33. The lowest BCUT2D eigenvalue weighted by Gasteiger charge is -2.39. The summed E-state index contributed by atoms with van der Waals surface area (Å²) in [5.41, 5.74) is 3.01. The number of hydrogen-bond donors (Lipinski definition) is 3. The third-order valence-electron chi connectivity index (χ3n) is 5.24. The Labute approximate surface area is 161 Å². The van der Waals surface area contributed by atoms with E-state index in [1.54, 1.807) is 24.5 Å². The van der Waals surface area contributed by atoms with E-state index in [0.29, 0.717) is 29.2 Å². The van der Waals surface area contributed by atoms with Crippen LogP contribution >= 0.6 is 0 Å². The molecule has 0 radical (unpaired) electrons. The lowest BCUT2D eigenvalue weighted by Crippen LogP contribution is -2.56. The molecule has 0 saturated carbocycles. The molecule has 3 aromatic rings. The molecular weight excluding hydrogens is 358 g/mol. The number of piperidine rings is 1. The third kappa shape index (κ3) is 3.44. The smallest absolute Gasteiger partial charge is 0.233 e. The summed E-state index contributed by atoms with van der Waals surface area (Å²) >= 11 is 0. The average Bonchev–Trinajstić information content (AvgIpc) is 3.23. The molecule has 2 bridgehead atoms. The zero-order valence-corrected chi connectivity index (χ0v) is 15.2. The fourth-order valence-electron chi connectivity index (χ4n) is 3.92. The molecule has 2 fully saturated rings. The summed E-state index contributed by atoms with van der Waals surface area (Å²) in [4.78, 5) is 0. The molecule has 1 aromatic carbocycles. The Kier molecular flexibility index (Phi) is 4.42. The number of nitrogens with zero attached hydrogens (tertiary/aromatic N) is 3. The van der Waals surface area contributed by atoms with E-state index in [1.165, 1.54) is 0 Å². The lowest BCUT2D eigenvalue weighted by atomic mass is 9.95. The highest BCUT2D eigenvalue weighted by atomic mass is 16.5. The number of nitrogens with one attached hydrogen (secondary N) is 2. The van der Waals surface area contributed by atoms with Gasteiger partial charge in [-0.2, -0.15) is 5.10 Å². The van der Waals surface area contributed by atoms with E-state index in [1.807, 2.05) is 18.2 Å². The van der Waals surface area contributed by atoms with Gasteiger partial charge in [0.1, 0.15) is 11.9 Å². The molecule has 144 valence electrons. The molecule has 0 unspecified atom stereocenters. The van der Waals surface area contributed by atoms with Crippen LogP contribution in [0.15, 0.2) is 42.7 Å². The van der Waals surface area contributed by atoms with Crippen molar-refractivity contribution in [1.82, 2.24) is 25.7 Å². The molecule has 2 saturated heterocycles. The maximum Gasteiger partial charge on any atom is 0.233 e. The van der Waals surface area contributed by atoms with Crippen LogP contribution in [-0.4, -0.2) is 56.9 Å². The molecule has 5 rings (SSSR count). The summed E-state index contributed by atoms with van der Waals surface area (Å²) in [6.45, 7) is 1.46. The van der Waals surface area contributed by atoms with Crippen molar-refractivity contribution in [1.29, 1.82) is 0 Å². The van der Waals surface area contributed by atoms with Gasteiger partial charge < -0.3 is 19.9 Å². The van der Waals surface area contributed by atoms with Gasteiger partial charge in [0.15, 0.2) is 0 Å². The lowest BCUT2D eigenvalue weighted by molar-refractivity contribution is -0.0134. The molecule has 2 aliphatic rings. The van der Waals surface area contributed by atoms with Crippen molar-refractivity contribution in [2.75, 3.05) is 13.2 Å². The number of hydrogen-bond acceptors (Lipinski definition) is 7. The van der Waals surface area contributed by atoms with Gasteiger partial charge in [-0.05, 0) is 23.8 Å². The SMILES string of the molecule is Oc1cc(-c2cn[nH]c2)ccc1-c1ccc(O[C@@H]2C[C@H]3COC[C@@H](C2)N3)nn1. The molecule has 8 heteroatoms. The summed E-state index contributed by atoms with van der Waals surface area (Å²) < 4.78 is 11.6. The first-order valence-corrected chi connectivity index (χ1v) is 9.41. The fraction of sp³-hybridized carbons (Fsp3) is 0.350. The van der Waals surface area contributed by atoms with Crippen LogP contribution in [0.3, 0.4) is 0 Å². The van der Waals surface area contributed by atoms with E-state index in [4.69, 9.17) is 9.47 Å². The van der Waals surface area contributed by atoms with Gasteiger partial charge in [0, 0.05) is 48.3 Å². The minimum absolute atomic E-state index is 0.114. The molecule has 3 N–H and O–H groups in total. The van der Waals surface area contributed by atoms with Gasteiger partial charge in [-0.25, -0.2) is 0 Å². The van der Waals surface area contributed by atoms with Crippen molar-refractivity contribution in [3.63, 3.8) is 0 Å². The van der Waals surface area contributed by atoms with Crippen LogP contribution in [-0.2, 0) is 4.74 Å². The number of aromatic nitrogens is 4. The van der Waals surface area contributed by atoms with Crippen LogP contribution in [0.5, 0.6) is 11.6 Å². The van der Waals surface area contributed by atoms with Crippen molar-refractivity contribution in [2.45, 2.75) is 31.0 Å². The highest BCUT2D eigenvalue weighted by Crippen LogP contribution is 2.32. The maximum absolute atomic E-state index is 10.4. The van der Waals surface area contributed by atoms with E-state index < -0.39 is 0 Å². The van der Waals surface area contributed by atoms with Crippen molar-refractivity contribution in [2.24, 2.45) is 0 Å². The molecule has 0 aliphatic carbocycles. The molecular formula is C20H21N5O3. The first kappa shape index (κ1) is 17.2. The summed E-state index contributed by atoms with van der Waals surface area (Å²) in [5.74, 6) is 0.650. The number of rotatable bonds is 4. The third-order valence-corrected chi connectivity index (χ3v) is 5.24. The van der Waals surface area contributed by atoms with Gasteiger partial charge in [-0.1, -0.05) is 6.07 Å². The van der Waals surface area contributed by atoms with E-state index in [9.17, 15) is 5.11 Å². The second-order valence-electron chi connectivity index (χ2n) is 7.28. The highest BCUT2D eigenvalue weighted by molar-refractivity contribution is 5.73. The Morgan fingerprint density at radius 3 is 2.57 bits per heavy atom. The van der Waals surface area contributed by atoms with Gasteiger partial charge >= 0.3 is 0 Å². The van der Waals surface area contributed by atoms with Crippen LogP contribution in [0.25, 0.3) is 22.4 Å². The topological polar surface area (TPSA) is 105 Å². The predicted molar refractivity (Wildman–Crippen MR) is 102 cm³/mol. The largest absolute Gasteiger partial charge is 0.507 e. The van der Waals surface area contributed by atoms with Crippen LogP contribution in [0.1, 0.15) is 12.8 Å². The Bertz CT molecular complexity index is 933. The molecule has 3 atom stereocenters. The summed E-state index contributed by atoms with van der Waals surface area (Å²) in [6, 6.07) is 9.76. The monoisotopic (exact) mass is 379 g/mol. The summed E-state index contributed by atoms with van der Waals surface area (Å²) in [5, 5.41) is 29.1. The van der Waals surface area contributed by atoms with Crippen LogP contribution < -0.4 is 10.1 Å². The number of morpholine rings is 1. The number of ether oxygens (including phenoxy) is 2. The minimum atomic E-state index is 0.114. The van der Waals surface area contributed by atoms with Crippen molar-refractivity contribution in [3.05, 3.63) is 42.7 Å². The van der Waals surface area contributed by atoms with Crippen molar-refractivity contribution in [3.8, 4) is 34.0 Å². The predicted octanol–water partition coefficient (Wildman–Crippen LogP) is 2.14. The zero-order valence-electron chi connectivity index (χ0n) is 15.2. The zero-order chi connectivity index (χ0) is 18.9.